The molecular formula is C32H44Cl8N8Pt. The van der Waals surface area contributed by atoms with E-state index in [-0.39, 0.29) is 68.4 Å². The third-order valence-corrected chi connectivity index (χ3v) is 11.8. The van der Waals surface area contributed by atoms with E-state index in [1.807, 2.05) is 0 Å². The van der Waals surface area contributed by atoms with Crippen LogP contribution in [-0.2, 0) is 21.1 Å². The second kappa shape index (κ2) is 23.6. The largest absolute Gasteiger partial charge is 4.00 e. The van der Waals surface area contributed by atoms with Crippen LogP contribution in [0.1, 0.15) is 103 Å². The van der Waals surface area contributed by atoms with Gasteiger partial charge in [0.05, 0.1) is 47.9 Å². The normalized spacial score (nSPS) is 30.5. The van der Waals surface area contributed by atoms with Crippen LogP contribution >= 0.6 is 92.8 Å². The monoisotopic (exact) mass is 1020 g/mol. The van der Waals surface area contributed by atoms with Crippen LogP contribution in [0.2, 0.25) is 0 Å². The number of hydrogen-bond donors (Lipinski definition) is 0. The minimum Gasteiger partial charge on any atom is -0.645 e. The first kappa shape index (κ1) is 49.8. The third-order valence-electron chi connectivity index (χ3n) is 9.59. The molecule has 0 radical (unpaired) electrons. The summed E-state index contributed by atoms with van der Waals surface area (Å²) < 4.78 is -5.94. The Morgan fingerprint density at radius 2 is 0.490 bits per heavy atom. The first-order valence-corrected chi connectivity index (χ1v) is 19.3. The first-order chi connectivity index (χ1) is 22.2. The Balaban J connectivity index is 0.000000623. The Morgan fingerprint density at radius 3 is 0.592 bits per heavy atom. The van der Waals surface area contributed by atoms with Crippen molar-refractivity contribution in [2.24, 2.45) is 47.3 Å². The SMILES string of the molecule is N#CC1CCCCC1C([NH-])(Cl)Cl.N#CC1CCCCC1C([NH-])(Cl)Cl.N#CC1CCCCC1C([NH-])(Cl)Cl.N#CC1CCCCC1C([NH-])(Cl)Cl.[Pt+4]. The van der Waals surface area contributed by atoms with Crippen LogP contribution in [0, 0.1) is 92.7 Å². The van der Waals surface area contributed by atoms with Crippen LogP contribution in [-0.4, -0.2) is 17.8 Å². The molecule has 0 heterocycles. The average Bonchev–Trinajstić information content (AvgIpc) is 3.04. The number of alkyl halides is 8. The maximum absolute atomic E-state index is 8.77. The van der Waals surface area contributed by atoms with E-state index in [1.54, 1.807) is 0 Å². The number of halogens is 8. The smallest absolute Gasteiger partial charge is 0.645 e. The van der Waals surface area contributed by atoms with E-state index in [1.165, 1.54) is 0 Å². The van der Waals surface area contributed by atoms with Crippen molar-refractivity contribution in [2.75, 3.05) is 0 Å². The summed E-state index contributed by atoms with van der Waals surface area (Å²) in [6.45, 7) is 0. The van der Waals surface area contributed by atoms with Crippen molar-refractivity contribution >= 4 is 92.8 Å². The molecule has 4 rings (SSSR count). The van der Waals surface area contributed by atoms with Crippen molar-refractivity contribution in [2.45, 2.75) is 121 Å². The summed E-state index contributed by atoms with van der Waals surface area (Å²) in [5.41, 5.74) is 29.8. The van der Waals surface area contributed by atoms with E-state index in [0.717, 1.165) is 103 Å². The molecule has 0 saturated heterocycles. The molecule has 4 saturated carbocycles. The van der Waals surface area contributed by atoms with Crippen molar-refractivity contribution in [3.63, 3.8) is 0 Å². The van der Waals surface area contributed by atoms with E-state index in [9.17, 15) is 0 Å². The molecule has 0 aromatic rings. The van der Waals surface area contributed by atoms with Gasteiger partial charge in [0.15, 0.2) is 0 Å². The molecule has 278 valence electrons. The number of nitriles is 4. The molecule has 17 heteroatoms. The molecular weight excluding hydrogens is 975 g/mol. The summed E-state index contributed by atoms with van der Waals surface area (Å²) in [6, 6.07) is 8.69. The van der Waals surface area contributed by atoms with Gasteiger partial charge in [0, 0.05) is 17.8 Å². The minimum absolute atomic E-state index is 0. The van der Waals surface area contributed by atoms with Crippen LogP contribution < -0.4 is 0 Å². The summed E-state index contributed by atoms with van der Waals surface area (Å²) >= 11 is 45.3. The first-order valence-electron chi connectivity index (χ1n) is 16.3. The fourth-order valence-electron chi connectivity index (χ4n) is 6.88. The predicted octanol–water partition coefficient (Wildman–Crippen LogP) is 14.0. The van der Waals surface area contributed by atoms with Gasteiger partial charge in [-0.25, -0.2) is 0 Å². The van der Waals surface area contributed by atoms with Gasteiger partial charge in [0.25, 0.3) is 0 Å². The summed E-state index contributed by atoms with van der Waals surface area (Å²) in [6.07, 6.45) is 14.9. The Morgan fingerprint density at radius 1 is 0.347 bits per heavy atom. The third kappa shape index (κ3) is 18.1. The summed E-state index contributed by atoms with van der Waals surface area (Å²) in [7, 11) is 0. The van der Waals surface area contributed by atoms with Crippen LogP contribution in [0.3, 0.4) is 0 Å². The number of hydrogen-bond acceptors (Lipinski definition) is 4. The van der Waals surface area contributed by atoms with Crippen LogP contribution in [0.5, 0.6) is 0 Å². The van der Waals surface area contributed by atoms with E-state index in [0.29, 0.717) is 0 Å². The minimum atomic E-state index is -1.49. The van der Waals surface area contributed by atoms with Crippen molar-refractivity contribution in [1.82, 2.24) is 0 Å². The van der Waals surface area contributed by atoms with E-state index >= 15 is 0 Å². The number of nitrogens with one attached hydrogen (secondary N) is 4. The molecule has 4 fully saturated rings. The summed E-state index contributed by atoms with van der Waals surface area (Å²) in [5.74, 6) is -1.26. The van der Waals surface area contributed by atoms with Gasteiger partial charge < -0.3 is 22.9 Å². The van der Waals surface area contributed by atoms with Gasteiger partial charge in [-0.05, 0) is 75.0 Å². The number of nitrogens with zero attached hydrogens (tertiary/aromatic N) is 4. The molecule has 4 N–H and O–H groups in total. The van der Waals surface area contributed by atoms with Crippen LogP contribution in [0.25, 0.3) is 22.9 Å². The molecule has 0 aliphatic heterocycles. The van der Waals surface area contributed by atoms with Gasteiger partial charge in [0.1, 0.15) is 0 Å². The van der Waals surface area contributed by atoms with Gasteiger partial charge >= 0.3 is 21.1 Å². The van der Waals surface area contributed by atoms with E-state index < -0.39 is 17.8 Å². The molecule has 0 spiro atoms. The van der Waals surface area contributed by atoms with Crippen LogP contribution in [0.15, 0.2) is 0 Å². The zero-order valence-corrected chi connectivity index (χ0v) is 35.4. The standard InChI is InChI=1S/4C8H11Cl2N2.Pt/c4*9-8(10,12)7-4-2-1-3-6(7)5-11;/h4*6-7,12H,1-4H2;/q4*-1;+4. The zero-order chi connectivity index (χ0) is 36.8. The second-order valence-corrected chi connectivity index (χ2v) is 18.5. The molecule has 0 bridgehead atoms. The van der Waals surface area contributed by atoms with Crippen molar-refractivity contribution in [1.29, 1.82) is 21.0 Å². The van der Waals surface area contributed by atoms with Gasteiger partial charge in [-0.15, -0.1) is 92.8 Å². The van der Waals surface area contributed by atoms with Crippen molar-refractivity contribution in [3.8, 4) is 24.3 Å². The fourth-order valence-corrected chi connectivity index (χ4v) is 8.97. The van der Waals surface area contributed by atoms with Gasteiger partial charge in [-0.3, -0.25) is 0 Å². The Bertz CT molecular complexity index is 952. The zero-order valence-electron chi connectivity index (χ0n) is 27.1. The van der Waals surface area contributed by atoms with Crippen LogP contribution in [0.4, 0.5) is 0 Å². The van der Waals surface area contributed by atoms with Gasteiger partial charge in [-0.1, -0.05) is 51.4 Å². The van der Waals surface area contributed by atoms with Gasteiger partial charge in [0.2, 0.25) is 0 Å². The summed E-state index contributed by atoms with van der Waals surface area (Å²) in [4.78, 5) is 0. The van der Waals surface area contributed by atoms with Gasteiger partial charge in [-0.2, -0.15) is 21.0 Å². The predicted molar refractivity (Wildman–Crippen MR) is 199 cm³/mol. The molecule has 8 unspecified atom stereocenters. The molecule has 0 amide bonds. The topological polar surface area (TPSA) is 190 Å². The van der Waals surface area contributed by atoms with E-state index in [4.69, 9.17) is 137 Å². The Kier molecular flexibility index (Phi) is 24.0. The number of rotatable bonds is 4. The molecule has 49 heavy (non-hydrogen) atoms. The Labute approximate surface area is 347 Å². The summed E-state index contributed by atoms with van der Waals surface area (Å²) in [5, 5.41) is 35.1. The molecule has 0 aromatic heterocycles. The maximum Gasteiger partial charge on any atom is 4.00 e. The maximum atomic E-state index is 8.77. The molecule has 8 atom stereocenters. The van der Waals surface area contributed by atoms with Crippen molar-refractivity contribution < 1.29 is 21.1 Å². The molecule has 8 nitrogen and oxygen atoms in total. The molecule has 4 aliphatic carbocycles. The average molecular weight is 1020 g/mol. The van der Waals surface area contributed by atoms with Crippen molar-refractivity contribution in [3.05, 3.63) is 22.9 Å². The Hall–Kier alpha value is 0.808. The van der Waals surface area contributed by atoms with E-state index in [2.05, 4.69) is 24.3 Å². The quantitative estimate of drug-likeness (QED) is 0.200. The fraction of sp³-hybridized carbons (Fsp3) is 0.875. The molecule has 0 aromatic carbocycles. The second-order valence-electron chi connectivity index (χ2n) is 13.0. The molecule has 4 aliphatic rings.